The van der Waals surface area contributed by atoms with Crippen molar-refractivity contribution in [2.75, 3.05) is 17.3 Å². The third-order valence-corrected chi connectivity index (χ3v) is 6.22. The van der Waals surface area contributed by atoms with Crippen LogP contribution in [0.15, 0.2) is 42.6 Å². The van der Waals surface area contributed by atoms with Crippen molar-refractivity contribution >= 4 is 34.8 Å². The zero-order valence-corrected chi connectivity index (χ0v) is 16.9. The van der Waals surface area contributed by atoms with E-state index in [-0.39, 0.29) is 16.8 Å². The topological polar surface area (TPSA) is 85.8 Å². The normalized spacial score (nSPS) is 21.6. The number of carbonyl (C=O) groups excluding carboxylic acids is 2. The third kappa shape index (κ3) is 3.39. The minimum Gasteiger partial charge on any atom is -0.360 e. The maximum atomic E-state index is 13.3. The van der Waals surface area contributed by atoms with E-state index in [9.17, 15) is 14.7 Å². The van der Waals surface area contributed by atoms with Gasteiger partial charge in [-0.3, -0.25) is 19.5 Å². The highest BCUT2D eigenvalue weighted by molar-refractivity contribution is 6.34. The van der Waals surface area contributed by atoms with Crippen molar-refractivity contribution < 1.29 is 14.7 Å². The van der Waals surface area contributed by atoms with Gasteiger partial charge in [0.05, 0.1) is 10.7 Å². The summed E-state index contributed by atoms with van der Waals surface area (Å²) in [6.45, 7) is 0. The summed E-state index contributed by atoms with van der Waals surface area (Å²) in [5.74, 6) is -0.480. The molecular formula is C21H23ClN4O3. The summed E-state index contributed by atoms with van der Waals surface area (Å²) in [6, 6.07) is 9.96. The molecule has 29 heavy (non-hydrogen) atoms. The number of nitrogens with zero attached hydrogens (tertiary/aromatic N) is 3. The molecule has 1 atom stereocenters. The lowest BCUT2D eigenvalue weighted by molar-refractivity contribution is -0.126. The number of aromatic nitrogens is 1. The molecule has 4 rings (SSSR count). The van der Waals surface area contributed by atoms with Crippen LogP contribution in [0.3, 0.4) is 0 Å². The highest BCUT2D eigenvalue weighted by Crippen LogP contribution is 2.44. The molecule has 2 heterocycles. The number of benzene rings is 1. The molecule has 1 aliphatic heterocycles. The van der Waals surface area contributed by atoms with Crippen molar-refractivity contribution in [3.63, 3.8) is 0 Å². The van der Waals surface area contributed by atoms with Crippen LogP contribution in [-0.2, 0) is 4.79 Å². The van der Waals surface area contributed by atoms with Gasteiger partial charge < -0.3 is 10.4 Å². The van der Waals surface area contributed by atoms with Gasteiger partial charge in [0.2, 0.25) is 0 Å². The number of halogens is 1. The molecule has 2 aliphatic rings. The quantitative estimate of drug-likeness (QED) is 0.805. The van der Waals surface area contributed by atoms with Crippen molar-refractivity contribution in [2.24, 2.45) is 0 Å². The first-order valence-electron chi connectivity index (χ1n) is 9.71. The molecule has 1 saturated carbocycles. The summed E-state index contributed by atoms with van der Waals surface area (Å²) in [5.41, 5.74) is 0.525. The second-order valence-electron chi connectivity index (χ2n) is 7.56. The van der Waals surface area contributed by atoms with Gasteiger partial charge in [0.1, 0.15) is 11.2 Å². The van der Waals surface area contributed by atoms with E-state index in [2.05, 4.69) is 10.3 Å². The molecule has 2 N–H and O–H groups in total. The van der Waals surface area contributed by atoms with Gasteiger partial charge in [-0.25, -0.2) is 4.90 Å². The Morgan fingerprint density at radius 3 is 2.66 bits per heavy atom. The lowest BCUT2D eigenvalue weighted by Crippen LogP contribution is -2.49. The van der Waals surface area contributed by atoms with E-state index in [4.69, 9.17) is 11.6 Å². The Morgan fingerprint density at radius 1 is 1.24 bits per heavy atom. The van der Waals surface area contributed by atoms with Crippen molar-refractivity contribution in [2.45, 2.75) is 44.0 Å². The van der Waals surface area contributed by atoms with Gasteiger partial charge in [0.25, 0.3) is 11.8 Å². The maximum Gasteiger partial charge on any atom is 0.274 e. The number of rotatable bonds is 3. The summed E-state index contributed by atoms with van der Waals surface area (Å²) >= 11 is 6.45. The molecule has 8 heteroatoms. The Balaban J connectivity index is 1.58. The van der Waals surface area contributed by atoms with Crippen molar-refractivity contribution in [1.82, 2.24) is 9.88 Å². The van der Waals surface area contributed by atoms with E-state index in [0.717, 1.165) is 32.1 Å². The number of pyridine rings is 1. The number of hydrogen-bond acceptors (Lipinski definition) is 5. The van der Waals surface area contributed by atoms with E-state index >= 15 is 0 Å². The lowest BCUT2D eigenvalue weighted by atomic mass is 9.80. The molecule has 1 aromatic carbocycles. The Bertz CT molecular complexity index is 931. The van der Waals surface area contributed by atoms with E-state index in [1.807, 2.05) is 0 Å². The summed E-state index contributed by atoms with van der Waals surface area (Å²) in [4.78, 5) is 32.7. The van der Waals surface area contributed by atoms with Crippen LogP contribution in [0, 0.1) is 0 Å². The van der Waals surface area contributed by atoms with Crippen LogP contribution in [0.1, 0.15) is 42.6 Å². The molecule has 152 valence electrons. The summed E-state index contributed by atoms with van der Waals surface area (Å²) in [5, 5.41) is 13.8. The van der Waals surface area contributed by atoms with Crippen molar-refractivity contribution in [3.8, 4) is 0 Å². The van der Waals surface area contributed by atoms with E-state index < -0.39 is 11.9 Å². The number of nitrogens with one attached hydrogen (secondary N) is 1. The highest BCUT2D eigenvalue weighted by Gasteiger charge is 2.56. The fraction of sp³-hybridized carbons (Fsp3) is 0.381. The number of carbonyl (C=O) groups is 2. The fourth-order valence-electron chi connectivity index (χ4n) is 4.28. The lowest BCUT2D eigenvalue weighted by Gasteiger charge is -2.36. The third-order valence-electron chi connectivity index (χ3n) is 5.91. The Hall–Kier alpha value is -2.48. The second kappa shape index (κ2) is 7.74. The number of hydrogen-bond donors (Lipinski definition) is 2. The Morgan fingerprint density at radius 2 is 2.00 bits per heavy atom. The Labute approximate surface area is 174 Å². The van der Waals surface area contributed by atoms with Crippen LogP contribution in [0.5, 0.6) is 0 Å². The van der Waals surface area contributed by atoms with E-state index in [0.29, 0.717) is 17.1 Å². The van der Waals surface area contributed by atoms with Gasteiger partial charge in [-0.05, 0) is 50.2 Å². The number of aliphatic hydroxyl groups excluding tert-OH is 1. The molecule has 2 amide bonds. The van der Waals surface area contributed by atoms with Crippen LogP contribution in [0.4, 0.5) is 11.4 Å². The first-order chi connectivity index (χ1) is 13.9. The largest absolute Gasteiger partial charge is 0.360 e. The zero-order chi connectivity index (χ0) is 20.6. The van der Waals surface area contributed by atoms with Gasteiger partial charge >= 0.3 is 0 Å². The molecule has 7 nitrogen and oxygen atoms in total. The molecule has 1 saturated heterocycles. The smallest absolute Gasteiger partial charge is 0.274 e. The summed E-state index contributed by atoms with van der Waals surface area (Å²) in [6.07, 6.45) is 4.95. The maximum absolute atomic E-state index is 13.3. The highest BCUT2D eigenvalue weighted by atomic mass is 35.5. The number of anilines is 2. The Kier molecular flexibility index (Phi) is 5.29. The van der Waals surface area contributed by atoms with Gasteiger partial charge in [0, 0.05) is 11.9 Å². The van der Waals surface area contributed by atoms with Crippen LogP contribution in [0.25, 0.3) is 0 Å². The van der Waals surface area contributed by atoms with E-state index in [1.165, 1.54) is 4.90 Å². The van der Waals surface area contributed by atoms with Crippen LogP contribution in [0.2, 0.25) is 5.02 Å². The zero-order valence-electron chi connectivity index (χ0n) is 16.1. The molecule has 1 aliphatic carbocycles. The number of aliphatic hydroxyl groups is 1. The number of likely N-dealkylation sites (N-methyl/N-ethyl adjacent to an activating group) is 1. The standard InChI is InChI=1S/C21H23ClN4O3/c1-25-20(29)26(19(28)21(25)10-4-2-5-11-21)17-9-8-14(13-15(17)22)24-18(27)16-7-3-6-12-23-16/h3,6-9,12-13,20,29H,2,4-5,10-11H2,1H3,(H,24,27). The minimum absolute atomic E-state index is 0.126. The van der Waals surface area contributed by atoms with Crippen LogP contribution < -0.4 is 10.2 Å². The average Bonchev–Trinajstić information content (AvgIpc) is 2.91. The van der Waals surface area contributed by atoms with Gasteiger partial charge in [-0.2, -0.15) is 0 Å². The first kappa shape index (κ1) is 19.8. The number of amides is 2. The average molecular weight is 415 g/mol. The fourth-order valence-corrected chi connectivity index (χ4v) is 4.56. The molecule has 1 spiro atoms. The summed E-state index contributed by atoms with van der Waals surface area (Å²) in [7, 11) is 1.78. The van der Waals surface area contributed by atoms with Crippen molar-refractivity contribution in [1.29, 1.82) is 0 Å². The van der Waals surface area contributed by atoms with E-state index in [1.54, 1.807) is 54.5 Å². The van der Waals surface area contributed by atoms with Gasteiger partial charge in [-0.1, -0.05) is 36.9 Å². The van der Waals surface area contributed by atoms with Crippen molar-refractivity contribution in [3.05, 3.63) is 53.3 Å². The predicted molar refractivity (Wildman–Crippen MR) is 111 cm³/mol. The van der Waals surface area contributed by atoms with Crippen LogP contribution in [-0.4, -0.2) is 45.7 Å². The molecule has 1 unspecified atom stereocenters. The SMILES string of the molecule is CN1C(O)N(c2ccc(NC(=O)c3ccccn3)cc2Cl)C(=O)C12CCCCC2. The molecule has 1 aromatic heterocycles. The van der Waals surface area contributed by atoms with Gasteiger partial charge in [-0.15, -0.1) is 0 Å². The van der Waals surface area contributed by atoms with Crippen LogP contribution >= 0.6 is 11.6 Å². The monoisotopic (exact) mass is 414 g/mol. The molecular weight excluding hydrogens is 392 g/mol. The van der Waals surface area contributed by atoms with Gasteiger partial charge in [0.15, 0.2) is 6.35 Å². The summed E-state index contributed by atoms with van der Waals surface area (Å²) < 4.78 is 0. The first-order valence-corrected chi connectivity index (χ1v) is 10.1. The molecule has 2 aromatic rings. The molecule has 0 radical (unpaired) electrons. The minimum atomic E-state index is -1.08. The second-order valence-corrected chi connectivity index (χ2v) is 7.97. The predicted octanol–water partition coefficient (Wildman–Crippen LogP) is 3.24. The molecule has 2 fully saturated rings. The molecule has 0 bridgehead atoms.